The third-order valence-corrected chi connectivity index (χ3v) is 4.36. The predicted octanol–water partition coefficient (Wildman–Crippen LogP) is 0.977. The van der Waals surface area contributed by atoms with Crippen molar-refractivity contribution in [3.8, 4) is 0 Å². The average molecular weight is 450 g/mol. The Morgan fingerprint density at radius 3 is 2.37 bits per heavy atom. The molecule has 2 N–H and O–H groups in total. The van der Waals surface area contributed by atoms with Crippen LogP contribution in [0.5, 0.6) is 0 Å². The highest BCUT2D eigenvalue weighted by atomic mass is 35.5. The molecule has 2 aliphatic rings. The van der Waals surface area contributed by atoms with E-state index in [-0.39, 0.29) is 43.1 Å². The van der Waals surface area contributed by atoms with E-state index in [4.69, 9.17) is 0 Å². The highest BCUT2D eigenvalue weighted by Gasteiger charge is 2.42. The second kappa shape index (κ2) is 11.8. The van der Waals surface area contributed by atoms with Gasteiger partial charge < -0.3 is 10.2 Å². The van der Waals surface area contributed by atoms with Gasteiger partial charge in [-0.25, -0.2) is 18.7 Å². The molecule has 0 aliphatic carbocycles. The number of nitrogens with zero attached hydrogens (tertiary/aromatic N) is 4. The molecule has 1 aromatic rings. The summed E-state index contributed by atoms with van der Waals surface area (Å²) in [7, 11) is 0. The highest BCUT2D eigenvalue weighted by molar-refractivity contribution is 5.86. The van der Waals surface area contributed by atoms with E-state index in [1.54, 1.807) is 18.5 Å². The maximum absolute atomic E-state index is 13.1. The first-order valence-corrected chi connectivity index (χ1v) is 8.17. The molecule has 0 bridgehead atoms. The first-order chi connectivity index (χ1) is 11.5. The lowest BCUT2D eigenvalue weighted by molar-refractivity contribution is -0.123. The van der Waals surface area contributed by atoms with Crippen LogP contribution in [0.15, 0.2) is 18.5 Å². The van der Waals surface area contributed by atoms with E-state index in [1.165, 1.54) is 0 Å². The van der Waals surface area contributed by atoms with Gasteiger partial charge in [-0.05, 0) is 6.07 Å². The number of carbonyl (C=O) groups is 1. The van der Waals surface area contributed by atoms with Gasteiger partial charge in [-0.2, -0.15) is 0 Å². The van der Waals surface area contributed by atoms with Crippen molar-refractivity contribution in [3.63, 3.8) is 0 Å². The molecule has 156 valence electrons. The van der Waals surface area contributed by atoms with Crippen LogP contribution >= 0.6 is 37.2 Å². The van der Waals surface area contributed by atoms with Gasteiger partial charge in [0.15, 0.2) is 0 Å². The van der Waals surface area contributed by atoms with E-state index < -0.39 is 24.9 Å². The van der Waals surface area contributed by atoms with Crippen molar-refractivity contribution in [2.45, 2.75) is 18.4 Å². The quantitative estimate of drug-likeness (QED) is 0.698. The second-order valence-electron chi connectivity index (χ2n) is 6.16. The molecule has 1 amide bonds. The summed E-state index contributed by atoms with van der Waals surface area (Å²) in [5.74, 6) is -2.39. The van der Waals surface area contributed by atoms with Crippen LogP contribution in [0.1, 0.15) is 6.42 Å². The molecule has 0 aromatic carbocycles. The fraction of sp³-hybridized carbons (Fsp3) is 0.667. The van der Waals surface area contributed by atoms with E-state index >= 15 is 0 Å². The van der Waals surface area contributed by atoms with Gasteiger partial charge in [0.1, 0.15) is 0 Å². The van der Waals surface area contributed by atoms with E-state index in [0.717, 1.165) is 32.1 Å². The summed E-state index contributed by atoms with van der Waals surface area (Å²) in [6, 6.07) is 1.00. The normalized spacial score (nSPS) is 21.4. The van der Waals surface area contributed by atoms with Crippen LogP contribution in [-0.2, 0) is 4.79 Å². The van der Waals surface area contributed by atoms with Crippen LogP contribution in [-0.4, -0.2) is 78.6 Å². The molecule has 1 aromatic heterocycles. The summed E-state index contributed by atoms with van der Waals surface area (Å²) >= 11 is 0. The number of hydrogen-bond acceptors (Lipinski definition) is 6. The third kappa shape index (κ3) is 7.50. The lowest BCUT2D eigenvalue weighted by Gasteiger charge is -2.34. The van der Waals surface area contributed by atoms with Crippen LogP contribution in [0.3, 0.4) is 0 Å². The number of piperazine rings is 1. The average Bonchev–Trinajstić information content (AvgIpc) is 2.96. The zero-order valence-corrected chi connectivity index (χ0v) is 17.1. The van der Waals surface area contributed by atoms with Crippen LogP contribution in [0, 0.1) is 0 Å². The van der Waals surface area contributed by atoms with Gasteiger partial charge in [-0.15, -0.1) is 37.2 Å². The standard InChI is InChI=1S/C15H22F2N6O.3ClH/c16-15(17)10-12(21-11-15)13(24)18-4-5-22-6-8-23(9-7-22)14-19-2-1-3-20-14;;;/h1-3,12,21H,4-11H2,(H,18,24);3*1H. The van der Waals surface area contributed by atoms with Gasteiger partial charge in [-0.1, -0.05) is 0 Å². The number of anilines is 1. The Balaban J connectivity index is 0.00000225. The molecule has 0 radical (unpaired) electrons. The largest absolute Gasteiger partial charge is 0.353 e. The van der Waals surface area contributed by atoms with Crippen molar-refractivity contribution in [1.29, 1.82) is 0 Å². The van der Waals surface area contributed by atoms with Crippen LogP contribution in [0.25, 0.3) is 0 Å². The summed E-state index contributed by atoms with van der Waals surface area (Å²) in [6.07, 6.45) is 3.03. The van der Waals surface area contributed by atoms with Gasteiger partial charge in [0.2, 0.25) is 11.9 Å². The van der Waals surface area contributed by atoms with Crippen molar-refractivity contribution >= 4 is 49.1 Å². The lowest BCUT2D eigenvalue weighted by Crippen LogP contribution is -2.50. The van der Waals surface area contributed by atoms with E-state index in [2.05, 4.69) is 30.4 Å². The summed E-state index contributed by atoms with van der Waals surface area (Å²) < 4.78 is 26.2. The van der Waals surface area contributed by atoms with Crippen molar-refractivity contribution in [3.05, 3.63) is 18.5 Å². The smallest absolute Gasteiger partial charge is 0.262 e. The van der Waals surface area contributed by atoms with Crippen LogP contribution in [0.2, 0.25) is 0 Å². The van der Waals surface area contributed by atoms with E-state index in [9.17, 15) is 13.6 Å². The first kappa shape index (κ1) is 26.0. The SMILES string of the molecule is Cl.Cl.Cl.O=C(NCCN1CCN(c2ncccn2)CC1)C1CC(F)(F)CN1. The second-order valence-corrected chi connectivity index (χ2v) is 6.16. The molecule has 7 nitrogen and oxygen atoms in total. The number of nitrogens with one attached hydrogen (secondary N) is 2. The van der Waals surface area contributed by atoms with Crippen LogP contribution in [0.4, 0.5) is 14.7 Å². The molecule has 12 heteroatoms. The Labute approximate surface area is 175 Å². The van der Waals surface area contributed by atoms with Crippen molar-refractivity contribution in [1.82, 2.24) is 25.5 Å². The summed E-state index contributed by atoms with van der Waals surface area (Å²) in [4.78, 5) is 24.7. The topological polar surface area (TPSA) is 73.4 Å². The molecule has 0 spiro atoms. The number of amides is 1. The zero-order valence-electron chi connectivity index (χ0n) is 14.6. The van der Waals surface area contributed by atoms with E-state index in [1.807, 2.05) is 0 Å². The van der Waals surface area contributed by atoms with Crippen molar-refractivity contribution in [2.24, 2.45) is 0 Å². The molecule has 1 atom stereocenters. The Hall–Kier alpha value is -1.00. The summed E-state index contributed by atoms with van der Waals surface area (Å²) in [6.45, 7) is 4.11. The van der Waals surface area contributed by atoms with Gasteiger partial charge in [-0.3, -0.25) is 15.0 Å². The van der Waals surface area contributed by atoms with Crippen molar-refractivity contribution in [2.75, 3.05) is 50.7 Å². The monoisotopic (exact) mass is 448 g/mol. The third-order valence-electron chi connectivity index (χ3n) is 4.36. The number of rotatable bonds is 5. The van der Waals surface area contributed by atoms with Gasteiger partial charge >= 0.3 is 0 Å². The Morgan fingerprint density at radius 2 is 1.81 bits per heavy atom. The molecule has 0 saturated carbocycles. The highest BCUT2D eigenvalue weighted by Crippen LogP contribution is 2.24. The molecule has 3 heterocycles. The predicted molar refractivity (Wildman–Crippen MR) is 107 cm³/mol. The fourth-order valence-corrected chi connectivity index (χ4v) is 2.99. The molecule has 1 unspecified atom stereocenters. The summed E-state index contributed by atoms with van der Waals surface area (Å²) in [5.41, 5.74) is 0. The minimum absolute atomic E-state index is 0. The van der Waals surface area contributed by atoms with Crippen molar-refractivity contribution < 1.29 is 13.6 Å². The van der Waals surface area contributed by atoms with Gasteiger partial charge in [0.25, 0.3) is 5.92 Å². The molecule has 3 rings (SSSR count). The minimum atomic E-state index is -2.78. The Bertz CT molecular complexity index is 564. The molecular formula is C15H25Cl3F2N6O. The zero-order chi connectivity index (χ0) is 17.0. The van der Waals surface area contributed by atoms with E-state index in [0.29, 0.717) is 13.1 Å². The molecular weight excluding hydrogens is 425 g/mol. The molecule has 2 saturated heterocycles. The minimum Gasteiger partial charge on any atom is -0.353 e. The Morgan fingerprint density at radius 1 is 1.19 bits per heavy atom. The number of aromatic nitrogens is 2. The number of halogens is 5. The first-order valence-electron chi connectivity index (χ1n) is 8.17. The molecule has 2 aliphatic heterocycles. The van der Waals surface area contributed by atoms with Gasteiger partial charge in [0, 0.05) is 58.1 Å². The lowest BCUT2D eigenvalue weighted by atomic mass is 10.2. The van der Waals surface area contributed by atoms with Gasteiger partial charge in [0.05, 0.1) is 12.6 Å². The number of hydrogen-bond donors (Lipinski definition) is 2. The maximum Gasteiger partial charge on any atom is 0.262 e. The fourth-order valence-electron chi connectivity index (χ4n) is 2.99. The summed E-state index contributed by atoms with van der Waals surface area (Å²) in [5, 5.41) is 5.30. The van der Waals surface area contributed by atoms with Crippen LogP contribution < -0.4 is 15.5 Å². The Kier molecular flexibility index (Phi) is 11.3. The molecule has 2 fully saturated rings. The molecule has 27 heavy (non-hydrogen) atoms. The number of alkyl halides is 2. The number of carbonyl (C=O) groups excluding carboxylic acids is 1. The maximum atomic E-state index is 13.1.